The number of hydrogen-bond acceptors (Lipinski definition) is 5. The Morgan fingerprint density at radius 3 is 1.95 bits per heavy atom. The van der Waals surface area contributed by atoms with E-state index < -0.39 is 29.3 Å². The van der Waals surface area contributed by atoms with Crippen molar-refractivity contribution in [2.75, 3.05) is 13.1 Å². The molecular weight excluding hydrogens is 260 g/mol. The third kappa shape index (κ3) is 5.00. The number of hydrogen-bond donors (Lipinski definition) is 1. The fourth-order valence-corrected chi connectivity index (χ4v) is 1.93. The quantitative estimate of drug-likeness (QED) is 0.739. The largest absolute Gasteiger partial charge is 0.460 e. The molecule has 6 nitrogen and oxygen atoms in total. The van der Waals surface area contributed by atoms with Gasteiger partial charge in [0.05, 0.1) is 5.92 Å². The summed E-state index contributed by atoms with van der Waals surface area (Å²) in [5.41, 5.74) is 4.82. The minimum absolute atomic E-state index is 0.241. The van der Waals surface area contributed by atoms with Crippen LogP contribution in [0.3, 0.4) is 0 Å². The van der Waals surface area contributed by atoms with Crippen LogP contribution in [-0.4, -0.2) is 47.3 Å². The van der Waals surface area contributed by atoms with E-state index in [0.29, 0.717) is 6.54 Å². The van der Waals surface area contributed by atoms with Crippen molar-refractivity contribution in [1.82, 2.24) is 4.90 Å². The van der Waals surface area contributed by atoms with Gasteiger partial charge in [-0.25, -0.2) is 4.79 Å². The number of carbonyl (C=O) groups excluding carboxylic acids is 2. The van der Waals surface area contributed by atoms with Crippen LogP contribution in [0.15, 0.2) is 0 Å². The lowest BCUT2D eigenvalue weighted by Crippen LogP contribution is -2.38. The van der Waals surface area contributed by atoms with Crippen molar-refractivity contribution in [3.63, 3.8) is 0 Å². The minimum atomic E-state index is -0.564. The van der Waals surface area contributed by atoms with Crippen molar-refractivity contribution in [2.45, 2.75) is 58.8 Å². The summed E-state index contributed by atoms with van der Waals surface area (Å²) >= 11 is 0. The standard InChI is InChI=1S/C14H26N2O4/c1-13(2,3)19-11(17)9-7-16(8-10(9)15)12(18)20-14(4,5)6/h9-10H,7-8,15H2,1-6H3/t9-,10?/m1/s1. The number of nitrogens with zero attached hydrogens (tertiary/aromatic N) is 1. The molecule has 0 aromatic heterocycles. The molecule has 1 fully saturated rings. The van der Waals surface area contributed by atoms with Crippen LogP contribution in [-0.2, 0) is 14.3 Å². The molecule has 0 spiro atoms. The van der Waals surface area contributed by atoms with Crippen LogP contribution in [0.1, 0.15) is 41.5 Å². The average molecular weight is 286 g/mol. The maximum atomic E-state index is 12.0. The van der Waals surface area contributed by atoms with Crippen molar-refractivity contribution < 1.29 is 19.1 Å². The molecule has 116 valence electrons. The van der Waals surface area contributed by atoms with Crippen LogP contribution in [0.5, 0.6) is 0 Å². The molecule has 0 aliphatic carbocycles. The molecule has 0 aromatic carbocycles. The molecule has 0 saturated carbocycles. The van der Waals surface area contributed by atoms with Crippen LogP contribution in [0.25, 0.3) is 0 Å². The number of carbonyl (C=O) groups is 2. The van der Waals surface area contributed by atoms with Crippen LogP contribution in [0.2, 0.25) is 0 Å². The van der Waals surface area contributed by atoms with E-state index in [4.69, 9.17) is 15.2 Å². The van der Waals surface area contributed by atoms with Gasteiger partial charge in [0.25, 0.3) is 0 Å². The second-order valence-electron chi connectivity index (χ2n) is 7.19. The molecule has 2 atom stereocenters. The number of likely N-dealkylation sites (tertiary alicyclic amines) is 1. The zero-order valence-corrected chi connectivity index (χ0v) is 13.2. The van der Waals surface area contributed by atoms with E-state index in [-0.39, 0.29) is 12.5 Å². The fourth-order valence-electron chi connectivity index (χ4n) is 1.93. The lowest BCUT2D eigenvalue weighted by Gasteiger charge is -2.24. The predicted octanol–water partition coefficient (Wildman–Crippen LogP) is 1.52. The van der Waals surface area contributed by atoms with E-state index in [1.807, 2.05) is 0 Å². The van der Waals surface area contributed by atoms with E-state index in [9.17, 15) is 9.59 Å². The van der Waals surface area contributed by atoms with Crippen molar-refractivity contribution in [3.05, 3.63) is 0 Å². The molecule has 0 bridgehead atoms. The van der Waals surface area contributed by atoms with Crippen molar-refractivity contribution in [3.8, 4) is 0 Å². The second-order valence-corrected chi connectivity index (χ2v) is 7.19. The molecule has 0 aromatic rings. The van der Waals surface area contributed by atoms with Gasteiger partial charge in [-0.1, -0.05) is 0 Å². The van der Waals surface area contributed by atoms with Crippen molar-refractivity contribution in [1.29, 1.82) is 0 Å². The fraction of sp³-hybridized carbons (Fsp3) is 0.857. The molecule has 20 heavy (non-hydrogen) atoms. The Morgan fingerprint density at radius 2 is 1.50 bits per heavy atom. The highest BCUT2D eigenvalue weighted by molar-refractivity contribution is 5.77. The Kier molecular flexibility index (Phi) is 4.69. The van der Waals surface area contributed by atoms with E-state index >= 15 is 0 Å². The molecule has 1 unspecified atom stereocenters. The zero-order chi connectivity index (χ0) is 15.7. The first-order chi connectivity index (χ1) is 8.89. The minimum Gasteiger partial charge on any atom is -0.460 e. The van der Waals surface area contributed by atoms with Crippen LogP contribution >= 0.6 is 0 Å². The first kappa shape index (κ1) is 16.8. The Hall–Kier alpha value is -1.30. The third-order valence-corrected chi connectivity index (χ3v) is 2.73. The summed E-state index contributed by atoms with van der Waals surface area (Å²) in [6.45, 7) is 11.3. The van der Waals surface area contributed by atoms with Crippen LogP contribution in [0.4, 0.5) is 4.79 Å². The summed E-state index contributed by atoms with van der Waals surface area (Å²) < 4.78 is 10.6. The number of amides is 1. The number of nitrogens with two attached hydrogens (primary N) is 1. The molecule has 1 aliphatic heterocycles. The number of esters is 1. The highest BCUT2D eigenvalue weighted by atomic mass is 16.6. The molecule has 6 heteroatoms. The Morgan fingerprint density at radius 1 is 1.00 bits per heavy atom. The normalized spacial score (nSPS) is 23.6. The van der Waals surface area contributed by atoms with Gasteiger partial charge in [-0.3, -0.25) is 4.79 Å². The third-order valence-electron chi connectivity index (χ3n) is 2.73. The lowest BCUT2D eigenvalue weighted by molar-refractivity contribution is -0.159. The van der Waals surface area contributed by atoms with E-state index in [2.05, 4.69) is 0 Å². The number of rotatable bonds is 1. The van der Waals surface area contributed by atoms with Gasteiger partial charge in [-0.2, -0.15) is 0 Å². The van der Waals surface area contributed by atoms with Gasteiger partial charge in [0, 0.05) is 19.1 Å². The first-order valence-corrected chi connectivity index (χ1v) is 6.85. The van der Waals surface area contributed by atoms with E-state index in [1.54, 1.807) is 41.5 Å². The zero-order valence-electron chi connectivity index (χ0n) is 13.2. The number of ether oxygens (including phenoxy) is 2. The first-order valence-electron chi connectivity index (χ1n) is 6.85. The lowest BCUT2D eigenvalue weighted by atomic mass is 10.0. The van der Waals surface area contributed by atoms with Gasteiger partial charge in [0.15, 0.2) is 0 Å². The molecule has 1 heterocycles. The molecule has 1 aliphatic rings. The molecular formula is C14H26N2O4. The van der Waals surface area contributed by atoms with Gasteiger partial charge in [-0.05, 0) is 41.5 Å². The molecule has 1 saturated heterocycles. The molecule has 2 N–H and O–H groups in total. The van der Waals surface area contributed by atoms with Gasteiger partial charge in [-0.15, -0.1) is 0 Å². The highest BCUT2D eigenvalue weighted by Gasteiger charge is 2.41. The Balaban J connectivity index is 2.63. The average Bonchev–Trinajstić information content (AvgIpc) is 2.55. The summed E-state index contributed by atoms with van der Waals surface area (Å²) in [6, 6.07) is -0.419. The van der Waals surface area contributed by atoms with E-state index in [1.165, 1.54) is 4.90 Å². The smallest absolute Gasteiger partial charge is 0.410 e. The Bertz CT molecular complexity index is 382. The maximum Gasteiger partial charge on any atom is 0.410 e. The summed E-state index contributed by atoms with van der Waals surface area (Å²) in [5.74, 6) is -0.863. The summed E-state index contributed by atoms with van der Waals surface area (Å²) in [4.78, 5) is 25.5. The highest BCUT2D eigenvalue weighted by Crippen LogP contribution is 2.22. The predicted molar refractivity (Wildman–Crippen MR) is 75.1 cm³/mol. The van der Waals surface area contributed by atoms with Crippen molar-refractivity contribution in [2.24, 2.45) is 11.7 Å². The van der Waals surface area contributed by atoms with Gasteiger partial charge in [0.2, 0.25) is 0 Å². The van der Waals surface area contributed by atoms with Gasteiger partial charge in [0.1, 0.15) is 11.2 Å². The second kappa shape index (κ2) is 5.60. The molecule has 1 rings (SSSR count). The topological polar surface area (TPSA) is 81.9 Å². The van der Waals surface area contributed by atoms with Gasteiger partial charge >= 0.3 is 12.1 Å². The van der Waals surface area contributed by atoms with E-state index in [0.717, 1.165) is 0 Å². The monoisotopic (exact) mass is 286 g/mol. The summed E-state index contributed by atoms with van der Waals surface area (Å²) in [6.07, 6.45) is -0.445. The van der Waals surface area contributed by atoms with Gasteiger partial charge < -0.3 is 20.1 Å². The molecule has 0 radical (unpaired) electrons. The maximum absolute atomic E-state index is 12.0. The summed E-state index contributed by atoms with van der Waals surface area (Å²) in [7, 11) is 0. The SMILES string of the molecule is CC(C)(C)OC(=O)[C@@H]1CN(C(=O)OC(C)(C)C)CC1N. The molecule has 1 amide bonds. The van der Waals surface area contributed by atoms with Crippen LogP contribution in [0, 0.1) is 5.92 Å². The van der Waals surface area contributed by atoms with Crippen molar-refractivity contribution >= 4 is 12.1 Å². The Labute approximate surface area is 120 Å². The van der Waals surface area contributed by atoms with Crippen LogP contribution < -0.4 is 5.73 Å². The summed E-state index contributed by atoms with van der Waals surface area (Å²) in [5, 5.41) is 0.